The van der Waals surface area contributed by atoms with Crippen LogP contribution in [0.25, 0.3) is 0 Å². The number of pyridine rings is 1. The molecule has 21 heavy (non-hydrogen) atoms. The van der Waals surface area contributed by atoms with Crippen LogP contribution in [-0.2, 0) is 16.0 Å². The molecule has 7 heteroatoms. The number of aliphatic carboxylic acids is 1. The van der Waals surface area contributed by atoms with Crippen LogP contribution < -0.4 is 9.64 Å². The number of carboxylic acid groups (broad SMARTS) is 1. The molecule has 0 aromatic carbocycles. The third kappa shape index (κ3) is 3.84. The van der Waals surface area contributed by atoms with Crippen LogP contribution in [0.15, 0.2) is 12.1 Å². The third-order valence-corrected chi connectivity index (χ3v) is 2.67. The minimum atomic E-state index is -0.983. The minimum Gasteiger partial charge on any atom is -0.488 e. The SMILES string of the molecule is CC(C)(C)OC(=O)N1CCOc2ccc(CC(=O)O)nc21. The number of carbonyl (C=O) groups excluding carboxylic acids is 1. The predicted octanol–water partition coefficient (Wildman–Crippen LogP) is 1.84. The van der Waals surface area contributed by atoms with Gasteiger partial charge in [-0.05, 0) is 32.9 Å². The number of hydrogen-bond acceptors (Lipinski definition) is 5. The zero-order chi connectivity index (χ0) is 15.6. The molecule has 0 fully saturated rings. The summed E-state index contributed by atoms with van der Waals surface area (Å²) in [5.74, 6) is -0.238. The van der Waals surface area contributed by atoms with Crippen molar-refractivity contribution in [3.05, 3.63) is 17.8 Å². The molecule has 1 aromatic rings. The molecule has 1 aliphatic rings. The lowest BCUT2D eigenvalue weighted by Crippen LogP contribution is -2.42. The molecular weight excluding hydrogens is 276 g/mol. The number of anilines is 1. The van der Waals surface area contributed by atoms with Crippen LogP contribution in [-0.4, -0.2) is 40.9 Å². The molecule has 0 spiro atoms. The topological polar surface area (TPSA) is 89.0 Å². The first-order valence-corrected chi connectivity index (χ1v) is 6.61. The van der Waals surface area contributed by atoms with Gasteiger partial charge in [-0.25, -0.2) is 9.78 Å². The zero-order valence-corrected chi connectivity index (χ0v) is 12.3. The number of hydrogen-bond donors (Lipinski definition) is 1. The van der Waals surface area contributed by atoms with E-state index in [9.17, 15) is 9.59 Å². The molecule has 0 aliphatic carbocycles. The highest BCUT2D eigenvalue weighted by Crippen LogP contribution is 2.30. The van der Waals surface area contributed by atoms with Gasteiger partial charge in [0, 0.05) is 0 Å². The fourth-order valence-corrected chi connectivity index (χ4v) is 1.88. The third-order valence-electron chi connectivity index (χ3n) is 2.67. The molecule has 1 N–H and O–H groups in total. The van der Waals surface area contributed by atoms with Gasteiger partial charge in [-0.3, -0.25) is 9.69 Å². The van der Waals surface area contributed by atoms with E-state index in [0.29, 0.717) is 30.4 Å². The van der Waals surface area contributed by atoms with Gasteiger partial charge in [-0.1, -0.05) is 0 Å². The number of carbonyl (C=O) groups is 2. The summed E-state index contributed by atoms with van der Waals surface area (Å²) in [7, 11) is 0. The van der Waals surface area contributed by atoms with Gasteiger partial charge in [0.15, 0.2) is 11.6 Å². The highest BCUT2D eigenvalue weighted by Gasteiger charge is 2.29. The van der Waals surface area contributed by atoms with Crippen molar-refractivity contribution >= 4 is 17.9 Å². The zero-order valence-electron chi connectivity index (χ0n) is 12.3. The van der Waals surface area contributed by atoms with E-state index in [1.54, 1.807) is 32.9 Å². The summed E-state index contributed by atoms with van der Waals surface area (Å²) in [6.07, 6.45) is -0.734. The predicted molar refractivity (Wildman–Crippen MR) is 74.7 cm³/mol. The molecule has 0 bridgehead atoms. The summed E-state index contributed by atoms with van der Waals surface area (Å²) in [6.45, 7) is 5.99. The Kier molecular flexibility index (Phi) is 4.02. The molecular formula is C14H18N2O5. The van der Waals surface area contributed by atoms with Gasteiger partial charge in [0.2, 0.25) is 0 Å². The summed E-state index contributed by atoms with van der Waals surface area (Å²) >= 11 is 0. The molecule has 2 rings (SSSR count). The highest BCUT2D eigenvalue weighted by atomic mass is 16.6. The molecule has 0 saturated carbocycles. The van der Waals surface area contributed by atoms with Crippen LogP contribution in [0.4, 0.5) is 10.6 Å². The summed E-state index contributed by atoms with van der Waals surface area (Å²) < 4.78 is 10.8. The fourth-order valence-electron chi connectivity index (χ4n) is 1.88. The largest absolute Gasteiger partial charge is 0.488 e. The average molecular weight is 294 g/mol. The number of ether oxygens (including phenoxy) is 2. The molecule has 0 atom stereocenters. The van der Waals surface area contributed by atoms with Crippen LogP contribution in [0.3, 0.4) is 0 Å². The van der Waals surface area contributed by atoms with E-state index in [0.717, 1.165) is 0 Å². The van der Waals surface area contributed by atoms with E-state index >= 15 is 0 Å². The van der Waals surface area contributed by atoms with Gasteiger partial charge >= 0.3 is 12.1 Å². The number of aromatic nitrogens is 1. The van der Waals surface area contributed by atoms with Crippen molar-refractivity contribution in [1.82, 2.24) is 4.98 Å². The van der Waals surface area contributed by atoms with Crippen molar-refractivity contribution in [1.29, 1.82) is 0 Å². The molecule has 2 heterocycles. The van der Waals surface area contributed by atoms with Crippen molar-refractivity contribution in [3.8, 4) is 5.75 Å². The standard InChI is InChI=1S/C14H18N2O5/c1-14(2,3)21-13(19)16-6-7-20-10-5-4-9(8-11(17)18)15-12(10)16/h4-5H,6-8H2,1-3H3,(H,17,18). The number of amides is 1. The van der Waals surface area contributed by atoms with Gasteiger partial charge in [-0.15, -0.1) is 0 Å². The summed E-state index contributed by atoms with van der Waals surface area (Å²) in [6, 6.07) is 3.20. The second-order valence-electron chi connectivity index (χ2n) is 5.68. The Morgan fingerprint density at radius 1 is 1.43 bits per heavy atom. The van der Waals surface area contributed by atoms with Gasteiger partial charge in [-0.2, -0.15) is 0 Å². The van der Waals surface area contributed by atoms with E-state index in [4.69, 9.17) is 14.6 Å². The second-order valence-corrected chi connectivity index (χ2v) is 5.68. The van der Waals surface area contributed by atoms with Crippen LogP contribution >= 0.6 is 0 Å². The number of carboxylic acids is 1. The van der Waals surface area contributed by atoms with E-state index in [1.807, 2.05) is 0 Å². The maximum atomic E-state index is 12.2. The summed E-state index contributed by atoms with van der Waals surface area (Å²) in [5.41, 5.74) is -0.255. The van der Waals surface area contributed by atoms with Crippen LogP contribution in [0.1, 0.15) is 26.5 Å². The lowest BCUT2D eigenvalue weighted by Gasteiger charge is -2.30. The Bertz CT molecular complexity index is 565. The van der Waals surface area contributed by atoms with E-state index in [2.05, 4.69) is 4.98 Å². The Labute approximate surface area is 122 Å². The Balaban J connectivity index is 2.28. The molecule has 7 nitrogen and oxygen atoms in total. The normalized spacial score (nSPS) is 14.1. The first kappa shape index (κ1) is 15.1. The monoisotopic (exact) mass is 294 g/mol. The average Bonchev–Trinajstić information content (AvgIpc) is 2.35. The van der Waals surface area contributed by atoms with Gasteiger partial charge in [0.1, 0.15) is 12.2 Å². The maximum Gasteiger partial charge on any atom is 0.416 e. The molecule has 1 amide bonds. The van der Waals surface area contributed by atoms with E-state index in [1.165, 1.54) is 4.90 Å². The van der Waals surface area contributed by atoms with Gasteiger partial charge in [0.05, 0.1) is 18.7 Å². The van der Waals surface area contributed by atoms with Crippen molar-refractivity contribution in [3.63, 3.8) is 0 Å². The molecule has 1 aliphatic heterocycles. The van der Waals surface area contributed by atoms with Crippen molar-refractivity contribution in [2.75, 3.05) is 18.1 Å². The number of rotatable bonds is 2. The molecule has 0 unspecified atom stereocenters. The summed E-state index contributed by atoms with van der Waals surface area (Å²) in [4.78, 5) is 28.5. The van der Waals surface area contributed by atoms with Crippen molar-refractivity contribution < 1.29 is 24.2 Å². The Morgan fingerprint density at radius 3 is 2.76 bits per heavy atom. The van der Waals surface area contributed by atoms with E-state index in [-0.39, 0.29) is 6.42 Å². The number of nitrogens with zero attached hydrogens (tertiary/aromatic N) is 2. The van der Waals surface area contributed by atoms with Gasteiger partial charge < -0.3 is 14.6 Å². The van der Waals surface area contributed by atoms with Crippen LogP contribution in [0.5, 0.6) is 5.75 Å². The fraction of sp³-hybridized carbons (Fsp3) is 0.500. The smallest absolute Gasteiger partial charge is 0.416 e. The van der Waals surface area contributed by atoms with E-state index < -0.39 is 17.7 Å². The summed E-state index contributed by atoms with van der Waals surface area (Å²) in [5, 5.41) is 8.82. The Morgan fingerprint density at radius 2 is 2.14 bits per heavy atom. The molecule has 0 radical (unpaired) electrons. The van der Waals surface area contributed by atoms with Crippen LogP contribution in [0.2, 0.25) is 0 Å². The molecule has 1 aromatic heterocycles. The quantitative estimate of drug-likeness (QED) is 0.895. The lowest BCUT2D eigenvalue weighted by atomic mass is 10.2. The highest BCUT2D eigenvalue weighted by molar-refractivity contribution is 5.89. The van der Waals surface area contributed by atoms with Gasteiger partial charge in [0.25, 0.3) is 0 Å². The second kappa shape index (κ2) is 5.59. The first-order valence-electron chi connectivity index (χ1n) is 6.61. The van der Waals surface area contributed by atoms with Crippen molar-refractivity contribution in [2.45, 2.75) is 32.8 Å². The lowest BCUT2D eigenvalue weighted by molar-refractivity contribution is -0.136. The first-order chi connectivity index (χ1) is 9.76. The number of fused-ring (bicyclic) bond motifs is 1. The molecule has 114 valence electrons. The Hall–Kier alpha value is -2.31. The van der Waals surface area contributed by atoms with Crippen LogP contribution in [0, 0.1) is 0 Å². The minimum absolute atomic E-state index is 0.213. The molecule has 0 saturated heterocycles. The maximum absolute atomic E-state index is 12.2. The van der Waals surface area contributed by atoms with Crippen molar-refractivity contribution in [2.24, 2.45) is 0 Å².